The molecule has 1 saturated heterocycles. The highest BCUT2D eigenvalue weighted by atomic mass is 19.4. The number of rotatable bonds is 3. The SMILES string of the molecule is CC(=O)N1CCN(c2nc(C)cc(Nc3cccc(C(F)(F)F)c3)n2)CC1. The van der Waals surface area contributed by atoms with Crippen LogP contribution in [0, 0.1) is 6.92 Å². The fraction of sp³-hybridized carbons (Fsp3) is 0.389. The molecule has 9 heteroatoms. The number of alkyl halides is 3. The van der Waals surface area contributed by atoms with E-state index in [2.05, 4.69) is 15.3 Å². The highest BCUT2D eigenvalue weighted by molar-refractivity contribution is 5.73. The molecule has 0 unspecified atom stereocenters. The van der Waals surface area contributed by atoms with Crippen molar-refractivity contribution in [1.29, 1.82) is 0 Å². The Balaban J connectivity index is 1.77. The number of carbonyl (C=O) groups excluding carboxylic acids is 1. The molecule has 6 nitrogen and oxygen atoms in total. The molecule has 0 atom stereocenters. The molecule has 1 aromatic carbocycles. The first kappa shape index (κ1) is 18.9. The number of anilines is 3. The molecule has 1 aromatic heterocycles. The number of aryl methyl sites for hydroxylation is 1. The van der Waals surface area contributed by atoms with Crippen molar-refractivity contribution in [1.82, 2.24) is 14.9 Å². The Kier molecular flexibility index (Phi) is 5.20. The Labute approximate surface area is 155 Å². The first-order chi connectivity index (χ1) is 12.7. The molecule has 0 radical (unpaired) electrons. The summed E-state index contributed by atoms with van der Waals surface area (Å²) in [6.45, 7) is 5.72. The Morgan fingerprint density at radius 1 is 1.11 bits per heavy atom. The summed E-state index contributed by atoms with van der Waals surface area (Å²) >= 11 is 0. The minimum Gasteiger partial charge on any atom is -0.340 e. The normalized spacial score (nSPS) is 15.0. The van der Waals surface area contributed by atoms with Gasteiger partial charge in [0.15, 0.2) is 0 Å². The monoisotopic (exact) mass is 379 g/mol. The van der Waals surface area contributed by atoms with E-state index in [1.54, 1.807) is 24.0 Å². The van der Waals surface area contributed by atoms with Crippen molar-refractivity contribution in [3.05, 3.63) is 41.6 Å². The van der Waals surface area contributed by atoms with Gasteiger partial charge in [0.25, 0.3) is 0 Å². The van der Waals surface area contributed by atoms with Crippen molar-refractivity contribution >= 4 is 23.4 Å². The lowest BCUT2D eigenvalue weighted by Gasteiger charge is -2.34. The first-order valence-electron chi connectivity index (χ1n) is 8.53. The van der Waals surface area contributed by atoms with Gasteiger partial charge in [-0.1, -0.05) is 6.07 Å². The van der Waals surface area contributed by atoms with Crippen LogP contribution in [-0.4, -0.2) is 47.0 Å². The van der Waals surface area contributed by atoms with Crippen LogP contribution in [0.1, 0.15) is 18.2 Å². The Bertz CT molecular complexity index is 832. The van der Waals surface area contributed by atoms with Gasteiger partial charge in [0, 0.05) is 50.6 Å². The quantitative estimate of drug-likeness (QED) is 0.887. The van der Waals surface area contributed by atoms with E-state index in [0.717, 1.165) is 12.1 Å². The maximum Gasteiger partial charge on any atom is 0.416 e. The van der Waals surface area contributed by atoms with Gasteiger partial charge >= 0.3 is 6.18 Å². The van der Waals surface area contributed by atoms with Crippen LogP contribution in [0.15, 0.2) is 30.3 Å². The summed E-state index contributed by atoms with van der Waals surface area (Å²) in [7, 11) is 0. The molecular weight excluding hydrogens is 359 g/mol. The lowest BCUT2D eigenvalue weighted by Crippen LogP contribution is -2.48. The first-order valence-corrected chi connectivity index (χ1v) is 8.53. The van der Waals surface area contributed by atoms with E-state index in [1.807, 2.05) is 4.90 Å². The van der Waals surface area contributed by atoms with Crippen molar-refractivity contribution in [3.8, 4) is 0 Å². The number of carbonyl (C=O) groups is 1. The summed E-state index contributed by atoms with van der Waals surface area (Å²) in [5.41, 5.74) is 0.276. The average Bonchev–Trinajstić information content (AvgIpc) is 2.61. The molecule has 1 aliphatic heterocycles. The van der Waals surface area contributed by atoms with Gasteiger partial charge in [0.2, 0.25) is 11.9 Å². The van der Waals surface area contributed by atoms with E-state index >= 15 is 0 Å². The molecule has 0 bridgehead atoms. The number of benzene rings is 1. The predicted molar refractivity (Wildman–Crippen MR) is 96.0 cm³/mol. The van der Waals surface area contributed by atoms with E-state index in [-0.39, 0.29) is 5.91 Å². The summed E-state index contributed by atoms with van der Waals surface area (Å²) in [6.07, 6.45) is -4.40. The topological polar surface area (TPSA) is 61.4 Å². The van der Waals surface area contributed by atoms with Crippen molar-refractivity contribution in [2.24, 2.45) is 0 Å². The van der Waals surface area contributed by atoms with Gasteiger partial charge in [0.05, 0.1) is 5.56 Å². The number of halogens is 3. The Hall–Kier alpha value is -2.84. The maximum atomic E-state index is 12.9. The maximum absolute atomic E-state index is 12.9. The summed E-state index contributed by atoms with van der Waals surface area (Å²) in [5.74, 6) is 0.949. The van der Waals surface area contributed by atoms with E-state index in [4.69, 9.17) is 0 Å². The summed E-state index contributed by atoms with van der Waals surface area (Å²) in [6, 6.07) is 6.65. The van der Waals surface area contributed by atoms with Gasteiger partial charge < -0.3 is 15.1 Å². The molecule has 0 spiro atoms. The highest BCUT2D eigenvalue weighted by Gasteiger charge is 2.30. The van der Waals surface area contributed by atoms with E-state index in [1.165, 1.54) is 13.0 Å². The molecule has 1 N–H and O–H groups in total. The number of piperazine rings is 1. The second-order valence-electron chi connectivity index (χ2n) is 6.39. The second-order valence-corrected chi connectivity index (χ2v) is 6.39. The van der Waals surface area contributed by atoms with E-state index < -0.39 is 11.7 Å². The average molecular weight is 379 g/mol. The minimum absolute atomic E-state index is 0.0340. The highest BCUT2D eigenvalue weighted by Crippen LogP contribution is 2.31. The molecule has 144 valence electrons. The standard InChI is InChI=1S/C18H20F3N5O/c1-12-10-16(23-15-5-3-4-14(11-15)18(19,20)21)24-17(22-12)26-8-6-25(7-9-26)13(2)27/h3-5,10-11H,6-9H2,1-2H3,(H,22,23,24). The molecule has 2 aromatic rings. The summed E-state index contributed by atoms with van der Waals surface area (Å²) in [4.78, 5) is 24.0. The van der Waals surface area contributed by atoms with Gasteiger partial charge in [-0.2, -0.15) is 18.2 Å². The van der Waals surface area contributed by atoms with Gasteiger partial charge in [-0.05, 0) is 25.1 Å². The molecule has 0 aliphatic carbocycles. The Morgan fingerprint density at radius 2 is 1.81 bits per heavy atom. The molecule has 3 rings (SSSR count). The number of aromatic nitrogens is 2. The molecule has 2 heterocycles. The molecule has 1 aliphatic rings. The lowest BCUT2D eigenvalue weighted by molar-refractivity contribution is -0.137. The summed E-state index contributed by atoms with van der Waals surface area (Å²) < 4.78 is 38.6. The van der Waals surface area contributed by atoms with Crippen LogP contribution in [-0.2, 0) is 11.0 Å². The molecule has 27 heavy (non-hydrogen) atoms. The molecule has 1 fully saturated rings. The number of hydrogen-bond acceptors (Lipinski definition) is 5. The fourth-order valence-corrected chi connectivity index (χ4v) is 2.90. The molecule has 1 amide bonds. The third kappa shape index (κ3) is 4.66. The zero-order chi connectivity index (χ0) is 19.6. The van der Waals surface area contributed by atoms with Gasteiger partial charge in [-0.15, -0.1) is 0 Å². The van der Waals surface area contributed by atoms with Crippen LogP contribution in [0.2, 0.25) is 0 Å². The third-order valence-electron chi connectivity index (χ3n) is 4.31. The molecule has 0 saturated carbocycles. The number of nitrogens with one attached hydrogen (secondary N) is 1. The smallest absolute Gasteiger partial charge is 0.340 e. The van der Waals surface area contributed by atoms with Crippen LogP contribution >= 0.6 is 0 Å². The zero-order valence-electron chi connectivity index (χ0n) is 15.0. The fourth-order valence-electron chi connectivity index (χ4n) is 2.90. The minimum atomic E-state index is -4.40. The number of hydrogen-bond donors (Lipinski definition) is 1. The van der Waals surface area contributed by atoms with Crippen LogP contribution in [0.5, 0.6) is 0 Å². The predicted octanol–water partition coefficient (Wildman–Crippen LogP) is 3.22. The molecular formula is C18H20F3N5O. The third-order valence-corrected chi connectivity index (χ3v) is 4.31. The van der Waals surface area contributed by atoms with Gasteiger partial charge in [0.1, 0.15) is 5.82 Å². The number of amides is 1. The Morgan fingerprint density at radius 3 is 2.44 bits per heavy atom. The van der Waals surface area contributed by atoms with Crippen LogP contribution in [0.25, 0.3) is 0 Å². The second kappa shape index (κ2) is 7.42. The largest absolute Gasteiger partial charge is 0.416 e. The zero-order valence-corrected chi connectivity index (χ0v) is 15.0. The van der Waals surface area contributed by atoms with Crippen molar-refractivity contribution in [2.45, 2.75) is 20.0 Å². The lowest BCUT2D eigenvalue weighted by atomic mass is 10.2. The van der Waals surface area contributed by atoms with Gasteiger partial charge in [-0.25, -0.2) is 4.98 Å². The summed E-state index contributed by atoms with van der Waals surface area (Å²) in [5, 5.41) is 2.92. The van der Waals surface area contributed by atoms with E-state index in [9.17, 15) is 18.0 Å². The van der Waals surface area contributed by atoms with Crippen molar-refractivity contribution in [3.63, 3.8) is 0 Å². The van der Waals surface area contributed by atoms with E-state index in [0.29, 0.717) is 49.3 Å². The number of nitrogens with zero attached hydrogens (tertiary/aromatic N) is 4. The van der Waals surface area contributed by atoms with Crippen LogP contribution < -0.4 is 10.2 Å². The van der Waals surface area contributed by atoms with Gasteiger partial charge in [-0.3, -0.25) is 4.79 Å². The van der Waals surface area contributed by atoms with Crippen molar-refractivity contribution < 1.29 is 18.0 Å². The van der Waals surface area contributed by atoms with Crippen LogP contribution in [0.3, 0.4) is 0 Å². The van der Waals surface area contributed by atoms with Crippen molar-refractivity contribution in [2.75, 3.05) is 36.4 Å². The van der Waals surface area contributed by atoms with Crippen LogP contribution in [0.4, 0.5) is 30.6 Å².